The fourth-order valence-corrected chi connectivity index (χ4v) is 4.13. The van der Waals surface area contributed by atoms with Gasteiger partial charge >= 0.3 is 0 Å². The summed E-state index contributed by atoms with van der Waals surface area (Å²) in [5, 5.41) is 19.6. The Bertz CT molecular complexity index is 782. The first-order valence-electron chi connectivity index (χ1n) is 10.1. The number of benzene rings is 2. The van der Waals surface area contributed by atoms with Gasteiger partial charge in [0.2, 0.25) is 0 Å². The van der Waals surface area contributed by atoms with Gasteiger partial charge < -0.3 is 19.7 Å². The van der Waals surface area contributed by atoms with Crippen molar-refractivity contribution in [1.82, 2.24) is 0 Å². The van der Waals surface area contributed by atoms with Crippen LogP contribution < -0.4 is 4.74 Å². The normalized spacial score (nSPS) is 22.9. The molecule has 1 aliphatic heterocycles. The number of aryl methyl sites for hydroxylation is 1. The summed E-state index contributed by atoms with van der Waals surface area (Å²) >= 11 is 0. The minimum absolute atomic E-state index is 0.0655. The van der Waals surface area contributed by atoms with Crippen LogP contribution in [0.2, 0.25) is 0 Å². The van der Waals surface area contributed by atoms with Crippen LogP contribution in [-0.2, 0) is 10.2 Å². The second-order valence-corrected chi connectivity index (χ2v) is 8.21. The summed E-state index contributed by atoms with van der Waals surface area (Å²) in [5.74, 6) is 0.882. The fraction of sp³-hybridized carbons (Fsp3) is 0.500. The molecule has 0 aliphatic carbocycles. The smallest absolute Gasteiger partial charge is 0.119 e. The molecule has 0 aromatic heterocycles. The van der Waals surface area contributed by atoms with E-state index in [0.29, 0.717) is 19.4 Å². The van der Waals surface area contributed by atoms with Crippen LogP contribution in [0.4, 0.5) is 0 Å². The van der Waals surface area contributed by atoms with Crippen molar-refractivity contribution < 1.29 is 19.7 Å². The number of rotatable bonds is 6. The zero-order chi connectivity index (χ0) is 20.3. The zero-order valence-corrected chi connectivity index (χ0v) is 17.3. The van der Waals surface area contributed by atoms with Gasteiger partial charge in [-0.05, 0) is 48.2 Å². The molecule has 1 aliphatic rings. The molecule has 3 unspecified atom stereocenters. The largest absolute Gasteiger partial charge is 0.494 e. The van der Waals surface area contributed by atoms with Crippen molar-refractivity contribution >= 4 is 0 Å². The van der Waals surface area contributed by atoms with Crippen molar-refractivity contribution in [2.24, 2.45) is 0 Å². The van der Waals surface area contributed by atoms with E-state index in [2.05, 4.69) is 51.1 Å². The van der Waals surface area contributed by atoms with Crippen LogP contribution in [0.1, 0.15) is 62.0 Å². The topological polar surface area (TPSA) is 58.9 Å². The van der Waals surface area contributed by atoms with Crippen molar-refractivity contribution in [3.63, 3.8) is 0 Å². The minimum Gasteiger partial charge on any atom is -0.494 e. The SMILES string of the molecule is CCOc1ccc(C(C)(C)c2cc(C3CC(O)CC(CO)O3)ccc2C)cc1. The Morgan fingerprint density at radius 2 is 1.82 bits per heavy atom. The highest BCUT2D eigenvalue weighted by Gasteiger charge is 2.31. The maximum Gasteiger partial charge on any atom is 0.119 e. The van der Waals surface area contributed by atoms with Gasteiger partial charge in [-0.3, -0.25) is 0 Å². The molecule has 0 amide bonds. The van der Waals surface area contributed by atoms with Crippen LogP contribution in [0.15, 0.2) is 42.5 Å². The van der Waals surface area contributed by atoms with Crippen LogP contribution in [0.5, 0.6) is 5.75 Å². The first-order chi connectivity index (χ1) is 13.3. The summed E-state index contributed by atoms with van der Waals surface area (Å²) in [4.78, 5) is 0. The van der Waals surface area contributed by atoms with E-state index in [1.54, 1.807) is 0 Å². The van der Waals surface area contributed by atoms with Crippen LogP contribution in [-0.4, -0.2) is 35.6 Å². The summed E-state index contributed by atoms with van der Waals surface area (Å²) < 4.78 is 11.6. The van der Waals surface area contributed by atoms with Gasteiger partial charge in [0, 0.05) is 18.3 Å². The highest BCUT2D eigenvalue weighted by molar-refractivity contribution is 5.45. The van der Waals surface area contributed by atoms with Gasteiger partial charge in [-0.2, -0.15) is 0 Å². The molecule has 4 nitrogen and oxygen atoms in total. The van der Waals surface area contributed by atoms with Crippen molar-refractivity contribution in [3.05, 3.63) is 64.7 Å². The first-order valence-corrected chi connectivity index (χ1v) is 10.1. The van der Waals surface area contributed by atoms with Crippen molar-refractivity contribution in [2.75, 3.05) is 13.2 Å². The summed E-state index contributed by atoms with van der Waals surface area (Å²) in [5.41, 5.74) is 4.54. The summed E-state index contributed by atoms with van der Waals surface area (Å²) in [6.45, 7) is 9.15. The van der Waals surface area contributed by atoms with Gasteiger partial charge in [0.1, 0.15) is 5.75 Å². The van der Waals surface area contributed by atoms with Gasteiger partial charge in [0.05, 0.1) is 31.5 Å². The molecule has 3 rings (SSSR count). The molecule has 1 heterocycles. The summed E-state index contributed by atoms with van der Waals surface area (Å²) in [6.07, 6.45) is 0.0973. The van der Waals surface area contributed by atoms with Gasteiger partial charge in [-0.15, -0.1) is 0 Å². The van der Waals surface area contributed by atoms with E-state index in [-0.39, 0.29) is 24.2 Å². The van der Waals surface area contributed by atoms with E-state index in [9.17, 15) is 10.2 Å². The Balaban J connectivity index is 1.91. The molecule has 1 fully saturated rings. The summed E-state index contributed by atoms with van der Waals surface area (Å²) in [6, 6.07) is 14.7. The monoisotopic (exact) mass is 384 g/mol. The number of ether oxygens (including phenoxy) is 2. The maximum atomic E-state index is 10.2. The standard InChI is InChI=1S/C24H32O4/c1-5-27-20-10-8-18(9-11-20)24(3,4)22-12-17(7-6-16(22)2)23-14-19(26)13-21(15-25)28-23/h6-12,19,21,23,25-26H,5,13-15H2,1-4H3. The van der Waals surface area contributed by atoms with E-state index >= 15 is 0 Å². The molecule has 1 saturated heterocycles. The molecule has 28 heavy (non-hydrogen) atoms. The summed E-state index contributed by atoms with van der Waals surface area (Å²) in [7, 11) is 0. The predicted octanol–water partition coefficient (Wildman–Crippen LogP) is 4.29. The van der Waals surface area contributed by atoms with Gasteiger partial charge in [0.25, 0.3) is 0 Å². The van der Waals surface area contributed by atoms with Crippen molar-refractivity contribution in [3.8, 4) is 5.75 Å². The second-order valence-electron chi connectivity index (χ2n) is 8.21. The van der Waals surface area contributed by atoms with Crippen LogP contribution in [0.3, 0.4) is 0 Å². The van der Waals surface area contributed by atoms with E-state index in [4.69, 9.17) is 9.47 Å². The molecule has 3 atom stereocenters. The molecule has 0 saturated carbocycles. The molecule has 2 N–H and O–H groups in total. The lowest BCUT2D eigenvalue weighted by Gasteiger charge is -2.34. The third-order valence-electron chi connectivity index (χ3n) is 5.78. The van der Waals surface area contributed by atoms with E-state index in [1.165, 1.54) is 16.7 Å². The third-order valence-corrected chi connectivity index (χ3v) is 5.78. The third kappa shape index (κ3) is 4.40. The average Bonchev–Trinajstić information content (AvgIpc) is 2.68. The Hall–Kier alpha value is -1.88. The highest BCUT2D eigenvalue weighted by Crippen LogP contribution is 2.38. The quantitative estimate of drug-likeness (QED) is 0.780. The van der Waals surface area contributed by atoms with Crippen LogP contribution in [0.25, 0.3) is 0 Å². The number of hydrogen-bond acceptors (Lipinski definition) is 4. The van der Waals surface area contributed by atoms with Gasteiger partial charge in [-0.25, -0.2) is 0 Å². The lowest BCUT2D eigenvalue weighted by atomic mass is 9.75. The lowest BCUT2D eigenvalue weighted by molar-refractivity contribution is -0.113. The number of aliphatic hydroxyl groups excluding tert-OH is 2. The van der Waals surface area contributed by atoms with E-state index in [0.717, 1.165) is 11.3 Å². The lowest BCUT2D eigenvalue weighted by Crippen LogP contribution is -2.33. The minimum atomic E-state index is -0.445. The molecule has 2 aromatic carbocycles. The average molecular weight is 385 g/mol. The van der Waals surface area contributed by atoms with Crippen LogP contribution >= 0.6 is 0 Å². The van der Waals surface area contributed by atoms with E-state index < -0.39 is 6.10 Å². The molecule has 0 radical (unpaired) electrons. The highest BCUT2D eigenvalue weighted by atomic mass is 16.5. The van der Waals surface area contributed by atoms with Crippen LogP contribution in [0, 0.1) is 6.92 Å². The maximum absolute atomic E-state index is 10.2. The fourth-order valence-electron chi connectivity index (χ4n) is 4.13. The Morgan fingerprint density at radius 1 is 1.11 bits per heavy atom. The molecular formula is C24H32O4. The molecular weight excluding hydrogens is 352 g/mol. The van der Waals surface area contributed by atoms with Gasteiger partial charge in [-0.1, -0.05) is 44.2 Å². The Labute approximate surface area is 168 Å². The number of aliphatic hydroxyl groups is 2. The molecule has 0 spiro atoms. The Kier molecular flexibility index (Phi) is 6.43. The predicted molar refractivity (Wildman–Crippen MR) is 111 cm³/mol. The van der Waals surface area contributed by atoms with E-state index in [1.807, 2.05) is 19.1 Å². The number of hydrogen-bond donors (Lipinski definition) is 2. The Morgan fingerprint density at radius 3 is 2.46 bits per heavy atom. The molecule has 0 bridgehead atoms. The van der Waals surface area contributed by atoms with Gasteiger partial charge in [0.15, 0.2) is 0 Å². The zero-order valence-electron chi connectivity index (χ0n) is 17.3. The molecule has 2 aromatic rings. The first kappa shape index (κ1) is 20.8. The second kappa shape index (κ2) is 8.64. The van der Waals surface area contributed by atoms with Crippen molar-refractivity contribution in [2.45, 2.75) is 64.3 Å². The van der Waals surface area contributed by atoms with Crippen molar-refractivity contribution in [1.29, 1.82) is 0 Å². The molecule has 152 valence electrons. The molecule has 4 heteroatoms.